The van der Waals surface area contributed by atoms with E-state index in [2.05, 4.69) is 10.2 Å². The molecule has 7 nitrogen and oxygen atoms in total. The van der Waals surface area contributed by atoms with Gasteiger partial charge in [0.15, 0.2) is 14.9 Å². The molecule has 1 atom stereocenters. The zero-order valence-corrected chi connectivity index (χ0v) is 12.6. The molecule has 1 aromatic heterocycles. The van der Waals surface area contributed by atoms with Gasteiger partial charge < -0.3 is 0 Å². The number of nitrogens with zero attached hydrogens (tertiary/aromatic N) is 2. The van der Waals surface area contributed by atoms with Gasteiger partial charge in [-0.2, -0.15) is 9.40 Å². The van der Waals surface area contributed by atoms with Gasteiger partial charge in [-0.1, -0.05) is 0 Å². The van der Waals surface area contributed by atoms with Crippen molar-refractivity contribution in [3.05, 3.63) is 11.8 Å². The van der Waals surface area contributed by atoms with Crippen LogP contribution in [-0.2, 0) is 25.7 Å². The molecule has 1 unspecified atom stereocenters. The molecular formula is C9H14ClN3O4S2. The molecule has 1 aliphatic rings. The number of aromatic amines is 1. The number of hydrogen-bond acceptors (Lipinski definition) is 5. The summed E-state index contributed by atoms with van der Waals surface area (Å²) in [5.41, 5.74) is 0.377. The topological polar surface area (TPSA) is 100 Å². The molecule has 0 amide bonds. The summed E-state index contributed by atoms with van der Waals surface area (Å²) >= 11 is 5.66. The van der Waals surface area contributed by atoms with Crippen LogP contribution >= 0.6 is 11.6 Å². The van der Waals surface area contributed by atoms with Crippen molar-refractivity contribution in [1.82, 2.24) is 14.5 Å². The first-order valence-corrected chi connectivity index (χ1v) is 9.38. The van der Waals surface area contributed by atoms with Crippen LogP contribution < -0.4 is 0 Å². The van der Waals surface area contributed by atoms with Crippen molar-refractivity contribution >= 4 is 31.5 Å². The summed E-state index contributed by atoms with van der Waals surface area (Å²) < 4.78 is 49.0. The summed E-state index contributed by atoms with van der Waals surface area (Å²) in [4.78, 5) is 0. The van der Waals surface area contributed by atoms with Gasteiger partial charge in [-0.05, 0) is 6.92 Å². The molecule has 19 heavy (non-hydrogen) atoms. The summed E-state index contributed by atoms with van der Waals surface area (Å²) in [5.74, 6) is -0.316. The van der Waals surface area contributed by atoms with Gasteiger partial charge in [0.1, 0.15) is 0 Å². The summed E-state index contributed by atoms with van der Waals surface area (Å²) in [6.07, 6.45) is 1.35. The van der Waals surface area contributed by atoms with Crippen LogP contribution in [0.3, 0.4) is 0 Å². The Hall–Kier alpha value is -0.640. The van der Waals surface area contributed by atoms with E-state index in [0.29, 0.717) is 5.56 Å². The predicted octanol–water partition coefficient (Wildman–Crippen LogP) is -0.0439. The number of halogens is 1. The molecule has 2 heterocycles. The van der Waals surface area contributed by atoms with Crippen LogP contribution in [0.15, 0.2) is 11.2 Å². The molecule has 1 fully saturated rings. The van der Waals surface area contributed by atoms with E-state index in [1.54, 1.807) is 6.92 Å². The number of nitrogens with one attached hydrogen (secondary N) is 1. The molecule has 1 aliphatic heterocycles. The molecule has 0 radical (unpaired) electrons. The van der Waals surface area contributed by atoms with Gasteiger partial charge in [0.2, 0.25) is 0 Å². The first-order chi connectivity index (χ1) is 8.78. The largest absolute Gasteiger partial charge is 0.266 e. The molecule has 0 saturated carbocycles. The third-order valence-corrected chi connectivity index (χ3v) is 7.11. The van der Waals surface area contributed by atoms with Crippen LogP contribution in [0.1, 0.15) is 12.5 Å². The summed E-state index contributed by atoms with van der Waals surface area (Å²) in [6, 6.07) is -0.602. The quantitative estimate of drug-likeness (QED) is 0.785. The SMILES string of the molecule is CC1CS(=O)(=O)CCN1S(=O)(=O)c1[nH]ncc1CCl. The molecule has 0 bridgehead atoms. The Balaban J connectivity index is 2.36. The van der Waals surface area contributed by atoms with Crippen molar-refractivity contribution in [3.8, 4) is 0 Å². The van der Waals surface area contributed by atoms with Gasteiger partial charge in [-0.3, -0.25) is 5.10 Å². The Labute approximate surface area is 116 Å². The normalized spacial score (nSPS) is 24.4. The Bertz CT molecular complexity index is 667. The fraction of sp³-hybridized carbons (Fsp3) is 0.667. The zero-order valence-electron chi connectivity index (χ0n) is 10.2. The van der Waals surface area contributed by atoms with Gasteiger partial charge >= 0.3 is 0 Å². The first kappa shape index (κ1) is 14.8. The maximum atomic E-state index is 12.5. The van der Waals surface area contributed by atoms with Gasteiger partial charge in [0, 0.05) is 18.2 Å². The molecule has 1 aromatic rings. The Morgan fingerprint density at radius 2 is 2.26 bits per heavy atom. The molecule has 0 spiro atoms. The number of hydrogen-bond donors (Lipinski definition) is 1. The van der Waals surface area contributed by atoms with Crippen LogP contribution in [0.2, 0.25) is 0 Å². The Morgan fingerprint density at radius 1 is 1.58 bits per heavy atom. The van der Waals surface area contributed by atoms with E-state index in [4.69, 9.17) is 11.6 Å². The third-order valence-electron chi connectivity index (χ3n) is 3.00. The van der Waals surface area contributed by atoms with Gasteiger partial charge in [0.05, 0.1) is 23.6 Å². The maximum absolute atomic E-state index is 12.5. The van der Waals surface area contributed by atoms with E-state index in [-0.39, 0.29) is 29.0 Å². The lowest BCUT2D eigenvalue weighted by atomic mass is 10.4. The number of sulfone groups is 1. The van der Waals surface area contributed by atoms with E-state index in [1.807, 2.05) is 0 Å². The standard InChI is InChI=1S/C9H14ClN3O4S2/c1-7-6-18(14,15)3-2-13(7)19(16,17)9-8(4-10)5-11-12-9/h5,7H,2-4,6H2,1H3,(H,11,12). The minimum absolute atomic E-state index is 0.0194. The molecule has 0 aliphatic carbocycles. The average Bonchev–Trinajstić information content (AvgIpc) is 2.75. The molecule has 10 heteroatoms. The number of sulfonamides is 1. The van der Waals surface area contributed by atoms with Gasteiger partial charge in [-0.15, -0.1) is 11.6 Å². The summed E-state index contributed by atoms with van der Waals surface area (Å²) in [6.45, 7) is 1.53. The van der Waals surface area contributed by atoms with Crippen molar-refractivity contribution in [2.24, 2.45) is 0 Å². The molecule has 108 valence electrons. The number of alkyl halides is 1. The Morgan fingerprint density at radius 3 is 2.84 bits per heavy atom. The highest BCUT2D eigenvalue weighted by atomic mass is 35.5. The molecular weight excluding hydrogens is 314 g/mol. The van der Waals surface area contributed by atoms with E-state index >= 15 is 0 Å². The molecule has 0 aromatic carbocycles. The zero-order chi connectivity index (χ0) is 14.3. The van der Waals surface area contributed by atoms with Crippen LogP contribution in [0.25, 0.3) is 0 Å². The van der Waals surface area contributed by atoms with Crippen LogP contribution in [-0.4, -0.2) is 55.4 Å². The summed E-state index contributed by atoms with van der Waals surface area (Å²) in [7, 11) is -6.96. The minimum Gasteiger partial charge on any atom is -0.266 e. The van der Waals surface area contributed by atoms with Crippen LogP contribution in [0.4, 0.5) is 0 Å². The number of H-pyrrole nitrogens is 1. The molecule has 1 N–H and O–H groups in total. The molecule has 1 saturated heterocycles. The first-order valence-electron chi connectivity index (χ1n) is 5.58. The van der Waals surface area contributed by atoms with Gasteiger partial charge in [-0.25, -0.2) is 16.8 Å². The Kier molecular flexibility index (Phi) is 3.92. The van der Waals surface area contributed by atoms with Crippen LogP contribution in [0, 0.1) is 0 Å². The number of aromatic nitrogens is 2. The average molecular weight is 328 g/mol. The van der Waals surface area contributed by atoms with Crippen molar-refractivity contribution < 1.29 is 16.8 Å². The highest BCUT2D eigenvalue weighted by Gasteiger charge is 2.38. The van der Waals surface area contributed by atoms with E-state index < -0.39 is 25.9 Å². The predicted molar refractivity (Wildman–Crippen MR) is 70.2 cm³/mol. The van der Waals surface area contributed by atoms with E-state index in [9.17, 15) is 16.8 Å². The van der Waals surface area contributed by atoms with Crippen molar-refractivity contribution in [2.45, 2.75) is 23.9 Å². The van der Waals surface area contributed by atoms with E-state index in [1.165, 1.54) is 10.5 Å². The lowest BCUT2D eigenvalue weighted by Crippen LogP contribution is -2.49. The van der Waals surface area contributed by atoms with E-state index in [0.717, 1.165) is 0 Å². The lowest BCUT2D eigenvalue weighted by molar-refractivity contribution is 0.355. The fourth-order valence-corrected chi connectivity index (χ4v) is 5.86. The van der Waals surface area contributed by atoms with Crippen molar-refractivity contribution in [2.75, 3.05) is 18.1 Å². The summed E-state index contributed by atoms with van der Waals surface area (Å²) in [5, 5.41) is 6.03. The second-order valence-electron chi connectivity index (χ2n) is 4.44. The van der Waals surface area contributed by atoms with Gasteiger partial charge in [0.25, 0.3) is 10.0 Å². The second kappa shape index (κ2) is 5.04. The minimum atomic E-state index is -3.79. The third kappa shape index (κ3) is 2.78. The van der Waals surface area contributed by atoms with Crippen LogP contribution in [0.5, 0.6) is 0 Å². The van der Waals surface area contributed by atoms with Crippen molar-refractivity contribution in [3.63, 3.8) is 0 Å². The maximum Gasteiger partial charge on any atom is 0.260 e. The smallest absolute Gasteiger partial charge is 0.260 e. The van der Waals surface area contributed by atoms with Crippen molar-refractivity contribution in [1.29, 1.82) is 0 Å². The fourth-order valence-electron chi connectivity index (χ4n) is 2.08. The molecule has 2 rings (SSSR count). The highest BCUT2D eigenvalue weighted by molar-refractivity contribution is 7.92. The second-order valence-corrected chi connectivity index (χ2v) is 8.76. The number of rotatable bonds is 3. The highest BCUT2D eigenvalue weighted by Crippen LogP contribution is 2.23. The lowest BCUT2D eigenvalue weighted by Gasteiger charge is -2.31. The monoisotopic (exact) mass is 327 g/mol.